The van der Waals surface area contributed by atoms with Gasteiger partial charge in [-0.15, -0.1) is 0 Å². The summed E-state index contributed by atoms with van der Waals surface area (Å²) < 4.78 is 43.2. The summed E-state index contributed by atoms with van der Waals surface area (Å²) in [6.07, 6.45) is -4.20. The van der Waals surface area contributed by atoms with Gasteiger partial charge in [0.1, 0.15) is 0 Å². The molecule has 1 rings (SSSR count). The summed E-state index contributed by atoms with van der Waals surface area (Å²) >= 11 is 0. The lowest BCUT2D eigenvalue weighted by atomic mass is 10.0. The number of hydrogen-bond donors (Lipinski definition) is 1. The predicted octanol–water partition coefficient (Wildman–Crippen LogP) is 4.08. The van der Waals surface area contributed by atoms with Crippen molar-refractivity contribution in [2.45, 2.75) is 45.0 Å². The first kappa shape index (κ1) is 17.0. The summed E-state index contributed by atoms with van der Waals surface area (Å²) in [5.74, 6) is 0. The highest BCUT2D eigenvalue weighted by Gasteiger charge is 2.32. The van der Waals surface area contributed by atoms with E-state index < -0.39 is 18.6 Å². The van der Waals surface area contributed by atoms with Gasteiger partial charge in [0.05, 0.1) is 12.5 Å². The molecule has 0 heterocycles. The zero-order chi connectivity index (χ0) is 15.0. The third-order valence-corrected chi connectivity index (χ3v) is 2.80. The molecule has 0 bridgehead atoms. The third-order valence-electron chi connectivity index (χ3n) is 2.80. The van der Waals surface area contributed by atoms with E-state index in [1.807, 2.05) is 13.8 Å². The molecule has 0 spiro atoms. The molecule has 114 valence electrons. The lowest BCUT2D eigenvalue weighted by molar-refractivity contribution is -0.140. The molecule has 20 heavy (non-hydrogen) atoms. The van der Waals surface area contributed by atoms with Crippen molar-refractivity contribution in [2.24, 2.45) is 0 Å². The smallest absolute Gasteiger partial charge is 0.379 e. The standard InChI is InChI=1S/C15H22F3NO/c1-12(2)20-10-6-9-19-14(11-15(16,17)18)13-7-4-3-5-8-13/h3-5,7-8,12,14,19H,6,9-11H2,1-2H3. The van der Waals surface area contributed by atoms with E-state index >= 15 is 0 Å². The first-order chi connectivity index (χ1) is 9.38. The van der Waals surface area contributed by atoms with Crippen molar-refractivity contribution < 1.29 is 17.9 Å². The molecule has 0 fully saturated rings. The second kappa shape index (κ2) is 8.27. The van der Waals surface area contributed by atoms with Crippen molar-refractivity contribution in [2.75, 3.05) is 13.2 Å². The molecule has 1 aromatic carbocycles. The van der Waals surface area contributed by atoms with Gasteiger partial charge in [-0.1, -0.05) is 30.3 Å². The van der Waals surface area contributed by atoms with Crippen molar-refractivity contribution in [3.8, 4) is 0 Å². The minimum absolute atomic E-state index is 0.148. The molecule has 0 radical (unpaired) electrons. The van der Waals surface area contributed by atoms with E-state index in [1.54, 1.807) is 30.3 Å². The van der Waals surface area contributed by atoms with Crippen molar-refractivity contribution in [1.29, 1.82) is 0 Å². The van der Waals surface area contributed by atoms with Gasteiger partial charge in [0.15, 0.2) is 0 Å². The first-order valence-corrected chi connectivity index (χ1v) is 6.85. The Morgan fingerprint density at radius 2 is 1.80 bits per heavy atom. The fraction of sp³-hybridized carbons (Fsp3) is 0.600. The van der Waals surface area contributed by atoms with Crippen LogP contribution in [0.15, 0.2) is 30.3 Å². The molecule has 0 aliphatic carbocycles. The Morgan fingerprint density at radius 3 is 2.35 bits per heavy atom. The molecule has 0 aliphatic heterocycles. The molecule has 1 aromatic rings. The Kier molecular flexibility index (Phi) is 7.02. The Bertz CT molecular complexity index is 365. The van der Waals surface area contributed by atoms with E-state index in [4.69, 9.17) is 4.74 Å². The van der Waals surface area contributed by atoms with Crippen molar-refractivity contribution in [3.63, 3.8) is 0 Å². The lowest BCUT2D eigenvalue weighted by Crippen LogP contribution is -2.28. The maximum Gasteiger partial charge on any atom is 0.390 e. The van der Waals surface area contributed by atoms with Gasteiger partial charge in [-0.3, -0.25) is 0 Å². The zero-order valence-electron chi connectivity index (χ0n) is 11.9. The van der Waals surface area contributed by atoms with Crippen LogP contribution in [0.4, 0.5) is 13.2 Å². The highest BCUT2D eigenvalue weighted by Crippen LogP contribution is 2.29. The molecule has 0 aliphatic rings. The topological polar surface area (TPSA) is 21.3 Å². The second-order valence-corrected chi connectivity index (χ2v) is 5.01. The van der Waals surface area contributed by atoms with Crippen LogP contribution in [0.1, 0.15) is 38.3 Å². The van der Waals surface area contributed by atoms with E-state index in [-0.39, 0.29) is 6.10 Å². The number of alkyl halides is 3. The largest absolute Gasteiger partial charge is 0.390 e. The average molecular weight is 289 g/mol. The molecule has 1 unspecified atom stereocenters. The summed E-state index contributed by atoms with van der Waals surface area (Å²) in [5.41, 5.74) is 0.662. The lowest BCUT2D eigenvalue weighted by Gasteiger charge is -2.21. The van der Waals surface area contributed by atoms with Crippen LogP contribution >= 0.6 is 0 Å². The monoisotopic (exact) mass is 289 g/mol. The van der Waals surface area contributed by atoms with Crippen LogP contribution in [0.5, 0.6) is 0 Å². The molecule has 2 nitrogen and oxygen atoms in total. The van der Waals surface area contributed by atoms with E-state index in [0.717, 1.165) is 0 Å². The quantitative estimate of drug-likeness (QED) is 0.728. The van der Waals surface area contributed by atoms with Gasteiger partial charge in [-0.05, 0) is 32.4 Å². The van der Waals surface area contributed by atoms with Crippen molar-refractivity contribution >= 4 is 0 Å². The molecule has 5 heteroatoms. The molecule has 0 saturated heterocycles. The normalized spacial score (nSPS) is 13.7. The minimum Gasteiger partial charge on any atom is -0.379 e. The van der Waals surface area contributed by atoms with Crippen LogP contribution in [0.3, 0.4) is 0 Å². The van der Waals surface area contributed by atoms with Crippen molar-refractivity contribution in [1.82, 2.24) is 5.32 Å². The fourth-order valence-electron chi connectivity index (χ4n) is 1.89. The number of rotatable bonds is 8. The molecule has 0 aromatic heterocycles. The highest BCUT2D eigenvalue weighted by molar-refractivity contribution is 5.19. The van der Waals surface area contributed by atoms with Crippen LogP contribution in [-0.4, -0.2) is 25.4 Å². The average Bonchev–Trinajstić information content (AvgIpc) is 2.36. The van der Waals surface area contributed by atoms with E-state index in [2.05, 4.69) is 5.32 Å². The van der Waals surface area contributed by atoms with Gasteiger partial charge < -0.3 is 10.1 Å². The van der Waals surface area contributed by atoms with Crippen LogP contribution < -0.4 is 5.32 Å². The van der Waals surface area contributed by atoms with Crippen LogP contribution in [0.25, 0.3) is 0 Å². The molecular formula is C15H22F3NO. The fourth-order valence-corrected chi connectivity index (χ4v) is 1.89. The van der Waals surface area contributed by atoms with E-state index in [0.29, 0.717) is 25.1 Å². The maximum absolute atomic E-state index is 12.6. The summed E-state index contributed by atoms with van der Waals surface area (Å²) in [5, 5.41) is 2.97. The number of nitrogens with one attached hydrogen (secondary N) is 1. The van der Waals surface area contributed by atoms with Crippen molar-refractivity contribution in [3.05, 3.63) is 35.9 Å². The summed E-state index contributed by atoms with van der Waals surface area (Å²) in [4.78, 5) is 0. The Hall–Kier alpha value is -1.07. The number of benzene rings is 1. The number of halogens is 3. The number of ether oxygens (including phenoxy) is 1. The number of hydrogen-bond acceptors (Lipinski definition) is 2. The highest BCUT2D eigenvalue weighted by atomic mass is 19.4. The van der Waals surface area contributed by atoms with Crippen LogP contribution in [0, 0.1) is 0 Å². The van der Waals surface area contributed by atoms with Gasteiger partial charge in [-0.2, -0.15) is 13.2 Å². The van der Waals surface area contributed by atoms with Gasteiger partial charge in [0, 0.05) is 12.6 Å². The van der Waals surface area contributed by atoms with Crippen LogP contribution in [0.2, 0.25) is 0 Å². The van der Waals surface area contributed by atoms with Gasteiger partial charge in [-0.25, -0.2) is 0 Å². The SMILES string of the molecule is CC(C)OCCCNC(CC(F)(F)F)c1ccccc1. The molecule has 1 N–H and O–H groups in total. The summed E-state index contributed by atoms with van der Waals surface area (Å²) in [6.45, 7) is 4.92. The summed E-state index contributed by atoms with van der Waals surface area (Å²) in [7, 11) is 0. The maximum atomic E-state index is 12.6. The predicted molar refractivity (Wildman–Crippen MR) is 73.6 cm³/mol. The zero-order valence-corrected chi connectivity index (χ0v) is 11.9. The van der Waals surface area contributed by atoms with Gasteiger partial charge in [0.2, 0.25) is 0 Å². The second-order valence-electron chi connectivity index (χ2n) is 5.01. The molecular weight excluding hydrogens is 267 g/mol. The summed E-state index contributed by atoms with van der Waals surface area (Å²) in [6, 6.07) is 8.03. The van der Waals surface area contributed by atoms with Gasteiger partial charge >= 0.3 is 6.18 Å². The Balaban J connectivity index is 2.47. The van der Waals surface area contributed by atoms with Gasteiger partial charge in [0.25, 0.3) is 0 Å². The van der Waals surface area contributed by atoms with Crippen LogP contribution in [-0.2, 0) is 4.74 Å². The Morgan fingerprint density at radius 1 is 1.15 bits per heavy atom. The first-order valence-electron chi connectivity index (χ1n) is 6.85. The van der Waals surface area contributed by atoms with E-state index in [9.17, 15) is 13.2 Å². The molecule has 1 atom stereocenters. The Labute approximate surface area is 118 Å². The third kappa shape index (κ3) is 7.50. The van der Waals surface area contributed by atoms with E-state index in [1.165, 1.54) is 0 Å². The molecule has 0 saturated carbocycles. The minimum atomic E-state index is -4.18. The molecule has 0 amide bonds.